The van der Waals surface area contributed by atoms with Crippen LogP contribution in [0.4, 0.5) is 10.8 Å². The van der Waals surface area contributed by atoms with E-state index in [1.165, 1.54) is 15.6 Å². The largest absolute Gasteiger partial charge is 0.299 e. The highest BCUT2D eigenvalue weighted by molar-refractivity contribution is 8.01. The summed E-state index contributed by atoms with van der Waals surface area (Å²) in [6, 6.07) is 4.49. The summed E-state index contributed by atoms with van der Waals surface area (Å²) < 4.78 is 27.0. The number of rotatable bonds is 9. The van der Waals surface area contributed by atoms with Gasteiger partial charge in [-0.2, -0.15) is 0 Å². The first-order valence-electron chi connectivity index (χ1n) is 9.01. The molecule has 1 N–H and O–H groups in total. The van der Waals surface area contributed by atoms with Crippen LogP contribution in [0.15, 0.2) is 22.5 Å². The number of carbonyl (C=O) groups is 1. The van der Waals surface area contributed by atoms with Gasteiger partial charge in [0.2, 0.25) is 21.1 Å². The van der Waals surface area contributed by atoms with Crippen LogP contribution in [0.2, 0.25) is 0 Å². The average Bonchev–Trinajstić information content (AvgIpc) is 3.06. The Balaban J connectivity index is 2.28. The van der Waals surface area contributed by atoms with E-state index in [0.717, 1.165) is 33.9 Å². The Kier molecular flexibility index (Phi) is 7.85. The first kappa shape index (κ1) is 22.6. The number of aryl methyl sites for hydroxylation is 2. The molecule has 0 aliphatic carbocycles. The normalized spacial score (nSPS) is 12.6. The molecule has 10 heteroatoms. The van der Waals surface area contributed by atoms with Crippen LogP contribution < -0.4 is 9.62 Å². The minimum atomic E-state index is -3.67. The van der Waals surface area contributed by atoms with Crippen molar-refractivity contribution in [3.05, 3.63) is 29.3 Å². The standard InChI is InChI=1S/C18H26N4O3S3/c1-6-10-26-18-21-20-17(27-18)19-16(23)15(7-2)22(28(5,24)25)14-9-8-12(3)13(4)11-14/h8-9,11,15H,6-7,10H2,1-5H3,(H,19,20,23). The van der Waals surface area contributed by atoms with E-state index in [0.29, 0.717) is 17.2 Å². The SMILES string of the molecule is CCCSc1nnc(NC(=O)C(CC)N(c2ccc(C)c(C)c2)S(C)(=O)=O)s1. The third-order valence-electron chi connectivity index (χ3n) is 4.14. The van der Waals surface area contributed by atoms with Crippen molar-refractivity contribution in [1.82, 2.24) is 10.2 Å². The van der Waals surface area contributed by atoms with E-state index in [1.807, 2.05) is 19.9 Å². The van der Waals surface area contributed by atoms with Crippen LogP contribution in [0.1, 0.15) is 37.8 Å². The number of amides is 1. The summed E-state index contributed by atoms with van der Waals surface area (Å²) in [4.78, 5) is 12.9. The number of hydrogen-bond donors (Lipinski definition) is 1. The van der Waals surface area contributed by atoms with Gasteiger partial charge < -0.3 is 0 Å². The summed E-state index contributed by atoms with van der Waals surface area (Å²) in [7, 11) is -3.67. The van der Waals surface area contributed by atoms with Gasteiger partial charge in [-0.15, -0.1) is 10.2 Å². The van der Waals surface area contributed by atoms with E-state index in [-0.39, 0.29) is 0 Å². The lowest BCUT2D eigenvalue weighted by molar-refractivity contribution is -0.117. The van der Waals surface area contributed by atoms with Gasteiger partial charge in [-0.1, -0.05) is 43.0 Å². The topological polar surface area (TPSA) is 92.3 Å². The first-order valence-corrected chi connectivity index (χ1v) is 12.7. The molecule has 1 aromatic heterocycles. The zero-order valence-electron chi connectivity index (χ0n) is 16.7. The number of hydrogen-bond acceptors (Lipinski definition) is 7. The van der Waals surface area contributed by atoms with Gasteiger partial charge in [0.1, 0.15) is 6.04 Å². The molecule has 0 aliphatic rings. The fourth-order valence-corrected chi connectivity index (χ4v) is 5.50. The predicted octanol–water partition coefficient (Wildman–Crippen LogP) is 3.84. The number of nitrogens with one attached hydrogen (secondary N) is 1. The van der Waals surface area contributed by atoms with Crippen molar-refractivity contribution in [2.45, 2.75) is 50.9 Å². The van der Waals surface area contributed by atoms with Gasteiger partial charge in [-0.25, -0.2) is 8.42 Å². The molecule has 2 rings (SSSR count). The van der Waals surface area contributed by atoms with Gasteiger partial charge >= 0.3 is 0 Å². The van der Waals surface area contributed by atoms with Gasteiger partial charge in [-0.05, 0) is 49.9 Å². The number of carbonyl (C=O) groups excluding carboxylic acids is 1. The minimum absolute atomic E-state index is 0.322. The molecule has 1 atom stereocenters. The molecule has 0 spiro atoms. The second-order valence-corrected chi connectivity index (χ2v) is 10.6. The van der Waals surface area contributed by atoms with Crippen molar-refractivity contribution in [2.75, 3.05) is 21.6 Å². The van der Waals surface area contributed by atoms with Crippen LogP contribution in [-0.4, -0.2) is 42.6 Å². The molecular weight excluding hydrogens is 416 g/mol. The molecule has 1 heterocycles. The van der Waals surface area contributed by atoms with E-state index in [9.17, 15) is 13.2 Å². The van der Waals surface area contributed by atoms with Crippen LogP contribution in [0.3, 0.4) is 0 Å². The smallest absolute Gasteiger partial charge is 0.250 e. The molecule has 0 saturated heterocycles. The van der Waals surface area contributed by atoms with Crippen molar-refractivity contribution in [3.8, 4) is 0 Å². The zero-order chi connectivity index (χ0) is 20.9. The van der Waals surface area contributed by atoms with E-state index >= 15 is 0 Å². The van der Waals surface area contributed by atoms with E-state index in [4.69, 9.17) is 0 Å². The van der Waals surface area contributed by atoms with E-state index in [2.05, 4.69) is 22.4 Å². The van der Waals surface area contributed by atoms with Crippen molar-refractivity contribution in [3.63, 3.8) is 0 Å². The highest BCUT2D eigenvalue weighted by Crippen LogP contribution is 2.28. The zero-order valence-corrected chi connectivity index (χ0v) is 19.2. The third-order valence-corrected chi connectivity index (χ3v) is 7.50. The molecular formula is C18H26N4O3S3. The van der Waals surface area contributed by atoms with Crippen molar-refractivity contribution in [1.29, 1.82) is 0 Å². The molecule has 2 aromatic rings. The van der Waals surface area contributed by atoms with Gasteiger partial charge in [0.05, 0.1) is 11.9 Å². The lowest BCUT2D eigenvalue weighted by Crippen LogP contribution is -2.47. The first-order chi connectivity index (χ1) is 13.2. The summed E-state index contributed by atoms with van der Waals surface area (Å²) in [5.41, 5.74) is 2.49. The average molecular weight is 443 g/mol. The number of sulfonamides is 1. The third kappa shape index (κ3) is 5.68. The molecule has 0 radical (unpaired) electrons. The van der Waals surface area contributed by atoms with Gasteiger partial charge in [-0.3, -0.25) is 14.4 Å². The Labute approximate surface area is 175 Å². The van der Waals surface area contributed by atoms with Crippen molar-refractivity contribution in [2.24, 2.45) is 0 Å². The summed E-state index contributed by atoms with van der Waals surface area (Å²) in [6.07, 6.45) is 2.45. The summed E-state index contributed by atoms with van der Waals surface area (Å²) in [5.74, 6) is 0.503. The van der Waals surface area contributed by atoms with Gasteiger partial charge in [0, 0.05) is 5.75 Å². The van der Waals surface area contributed by atoms with Crippen LogP contribution in [-0.2, 0) is 14.8 Å². The molecule has 0 saturated carbocycles. The van der Waals surface area contributed by atoms with Gasteiger partial charge in [0.25, 0.3) is 0 Å². The monoisotopic (exact) mass is 442 g/mol. The molecule has 1 aromatic carbocycles. The molecule has 1 unspecified atom stereocenters. The van der Waals surface area contributed by atoms with Gasteiger partial charge in [0.15, 0.2) is 4.34 Å². The van der Waals surface area contributed by atoms with E-state index in [1.54, 1.807) is 30.8 Å². The van der Waals surface area contributed by atoms with Crippen LogP contribution in [0, 0.1) is 13.8 Å². The Bertz CT molecular complexity index is 928. The highest BCUT2D eigenvalue weighted by atomic mass is 32.2. The summed E-state index contributed by atoms with van der Waals surface area (Å²) in [6.45, 7) is 7.73. The van der Waals surface area contributed by atoms with Crippen LogP contribution >= 0.6 is 23.1 Å². The number of nitrogens with zero attached hydrogens (tertiary/aromatic N) is 3. The predicted molar refractivity (Wildman–Crippen MR) is 117 cm³/mol. The maximum absolute atomic E-state index is 12.9. The molecule has 7 nitrogen and oxygen atoms in total. The Morgan fingerprint density at radius 2 is 1.96 bits per heavy atom. The summed E-state index contributed by atoms with van der Waals surface area (Å²) >= 11 is 2.87. The Morgan fingerprint density at radius 1 is 1.25 bits per heavy atom. The molecule has 0 fully saturated rings. The fraction of sp³-hybridized carbons (Fsp3) is 0.500. The Hall–Kier alpha value is -1.65. The lowest BCUT2D eigenvalue weighted by Gasteiger charge is -2.30. The maximum atomic E-state index is 12.9. The molecule has 28 heavy (non-hydrogen) atoms. The van der Waals surface area contributed by atoms with E-state index < -0.39 is 22.0 Å². The number of benzene rings is 1. The minimum Gasteiger partial charge on any atom is -0.299 e. The number of anilines is 2. The lowest BCUT2D eigenvalue weighted by atomic mass is 10.1. The van der Waals surface area contributed by atoms with Crippen LogP contribution in [0.25, 0.3) is 0 Å². The maximum Gasteiger partial charge on any atom is 0.250 e. The van der Waals surface area contributed by atoms with Crippen molar-refractivity contribution < 1.29 is 13.2 Å². The number of thioether (sulfide) groups is 1. The second-order valence-electron chi connectivity index (χ2n) is 6.46. The number of aromatic nitrogens is 2. The van der Waals surface area contributed by atoms with Crippen LogP contribution in [0.5, 0.6) is 0 Å². The summed E-state index contributed by atoms with van der Waals surface area (Å²) in [5, 5.41) is 11.1. The quantitative estimate of drug-likeness (QED) is 0.468. The second kappa shape index (κ2) is 9.71. The fourth-order valence-electron chi connectivity index (χ4n) is 2.62. The van der Waals surface area contributed by atoms with Crippen molar-refractivity contribution >= 4 is 49.8 Å². The molecule has 0 bridgehead atoms. The molecule has 154 valence electrons. The molecule has 0 aliphatic heterocycles. The molecule has 1 amide bonds. The Morgan fingerprint density at radius 3 is 2.54 bits per heavy atom. The highest BCUT2D eigenvalue weighted by Gasteiger charge is 2.32.